The van der Waals surface area contributed by atoms with Crippen LogP contribution in [0.2, 0.25) is 0 Å². The van der Waals surface area contributed by atoms with Crippen LogP contribution in [-0.4, -0.2) is 105 Å². The Morgan fingerprint density at radius 2 is 1.05 bits per heavy atom. The molecule has 0 N–H and O–H groups in total. The molecule has 1 rings (SSSR count). The van der Waals surface area contributed by atoms with E-state index in [2.05, 4.69) is 6.92 Å². The van der Waals surface area contributed by atoms with Crippen LogP contribution >= 0.6 is 0 Å². The summed E-state index contributed by atoms with van der Waals surface area (Å²) in [4.78, 5) is 22.1. The molecule has 0 unspecified atom stereocenters. The molecule has 1 aromatic rings. The first kappa shape index (κ1) is 33.9. The van der Waals surface area contributed by atoms with Gasteiger partial charge in [-0.15, -0.1) is 0 Å². The summed E-state index contributed by atoms with van der Waals surface area (Å²) in [6.07, 6.45) is 5.55. The van der Waals surface area contributed by atoms with Gasteiger partial charge in [0.05, 0.1) is 79.3 Å². The van der Waals surface area contributed by atoms with Crippen LogP contribution in [-0.2, 0) is 38.0 Å². The summed E-state index contributed by atoms with van der Waals surface area (Å²) in [5, 5.41) is 0. The second-order valence-corrected chi connectivity index (χ2v) is 8.24. The van der Waals surface area contributed by atoms with Crippen molar-refractivity contribution >= 4 is 12.3 Å². The Hall–Kier alpha value is -2.08. The lowest BCUT2D eigenvalue weighted by Gasteiger charge is -2.09. The van der Waals surface area contributed by atoms with Gasteiger partial charge < -0.3 is 37.9 Å². The van der Waals surface area contributed by atoms with Crippen molar-refractivity contribution < 1.29 is 47.5 Å². The maximum atomic E-state index is 11.5. The average molecular weight is 543 g/mol. The fourth-order valence-electron chi connectivity index (χ4n) is 3.05. The molecule has 10 heteroatoms. The first-order valence-corrected chi connectivity index (χ1v) is 13.6. The van der Waals surface area contributed by atoms with Gasteiger partial charge in [-0.05, 0) is 30.7 Å². The molecule has 0 fully saturated rings. The molecule has 218 valence electrons. The van der Waals surface area contributed by atoms with Gasteiger partial charge in [0.15, 0.2) is 0 Å². The molecule has 0 spiro atoms. The summed E-state index contributed by atoms with van der Waals surface area (Å²) in [6.45, 7) is 8.51. The van der Waals surface area contributed by atoms with Gasteiger partial charge in [-0.1, -0.05) is 26.2 Å². The highest BCUT2D eigenvalue weighted by atomic mass is 16.6. The Balaban J connectivity index is 1.70. The molecule has 0 aliphatic heterocycles. The molecule has 0 heterocycles. The molecule has 0 atom stereocenters. The average Bonchev–Trinajstić information content (AvgIpc) is 2.94. The number of hydrogen-bond donors (Lipinski definition) is 0. The topological polar surface area (TPSA) is 108 Å². The molecule has 0 aromatic heterocycles. The molecule has 38 heavy (non-hydrogen) atoms. The fourth-order valence-corrected chi connectivity index (χ4v) is 3.05. The fraction of sp³-hybridized carbons (Fsp3) is 0.714. The van der Waals surface area contributed by atoms with Crippen LogP contribution in [0.3, 0.4) is 0 Å². The van der Waals surface area contributed by atoms with Gasteiger partial charge >= 0.3 is 5.97 Å². The third-order valence-corrected chi connectivity index (χ3v) is 5.10. The zero-order valence-corrected chi connectivity index (χ0v) is 22.9. The van der Waals surface area contributed by atoms with Crippen molar-refractivity contribution in [2.75, 3.05) is 92.5 Å². The maximum absolute atomic E-state index is 11.5. The van der Waals surface area contributed by atoms with Crippen LogP contribution in [0.5, 0.6) is 5.75 Å². The van der Waals surface area contributed by atoms with Crippen molar-refractivity contribution in [3.63, 3.8) is 0 Å². The van der Waals surface area contributed by atoms with Crippen LogP contribution in [0.15, 0.2) is 24.3 Å². The number of carbonyl (C=O) groups excluding carboxylic acids is 2. The van der Waals surface area contributed by atoms with Crippen LogP contribution in [0.4, 0.5) is 0 Å². The van der Waals surface area contributed by atoms with Crippen molar-refractivity contribution in [2.45, 2.75) is 39.0 Å². The molecule has 1 aromatic carbocycles. The van der Waals surface area contributed by atoms with Gasteiger partial charge in [0.2, 0.25) is 0 Å². The van der Waals surface area contributed by atoms with Crippen molar-refractivity contribution in [1.29, 1.82) is 0 Å². The molecular formula is C28H46O10. The summed E-state index contributed by atoms with van der Waals surface area (Å²) in [5.41, 5.74) is 0.618. The molecule has 0 bridgehead atoms. The summed E-state index contributed by atoms with van der Waals surface area (Å²) in [6, 6.07) is 6.93. The van der Waals surface area contributed by atoms with Gasteiger partial charge in [0.1, 0.15) is 25.2 Å². The maximum Gasteiger partial charge on any atom is 0.305 e. The highest BCUT2D eigenvalue weighted by Crippen LogP contribution is 2.10. The zero-order chi connectivity index (χ0) is 27.4. The predicted molar refractivity (Wildman–Crippen MR) is 142 cm³/mol. The van der Waals surface area contributed by atoms with Crippen LogP contribution in [0.1, 0.15) is 49.4 Å². The third kappa shape index (κ3) is 22.0. The minimum Gasteiger partial charge on any atom is -0.491 e. The summed E-state index contributed by atoms with van der Waals surface area (Å²) >= 11 is 0. The second-order valence-electron chi connectivity index (χ2n) is 8.24. The number of esters is 1. The Morgan fingerprint density at radius 1 is 0.605 bits per heavy atom. The molecule has 10 nitrogen and oxygen atoms in total. The number of hydrogen-bond acceptors (Lipinski definition) is 10. The van der Waals surface area contributed by atoms with Crippen molar-refractivity contribution in [1.82, 2.24) is 0 Å². The van der Waals surface area contributed by atoms with Crippen molar-refractivity contribution in [3.05, 3.63) is 29.8 Å². The summed E-state index contributed by atoms with van der Waals surface area (Å²) < 4.78 is 43.2. The van der Waals surface area contributed by atoms with E-state index in [0.29, 0.717) is 104 Å². The lowest BCUT2D eigenvalue weighted by molar-refractivity contribution is -0.145. The normalized spacial score (nSPS) is 11.0. The zero-order valence-electron chi connectivity index (χ0n) is 22.9. The monoisotopic (exact) mass is 542 g/mol. The van der Waals surface area contributed by atoms with Crippen LogP contribution in [0.25, 0.3) is 0 Å². The first-order valence-electron chi connectivity index (χ1n) is 13.6. The molecule has 0 aliphatic carbocycles. The van der Waals surface area contributed by atoms with Gasteiger partial charge in [-0.3, -0.25) is 9.59 Å². The van der Waals surface area contributed by atoms with E-state index in [1.807, 2.05) is 0 Å². The van der Waals surface area contributed by atoms with Crippen molar-refractivity contribution in [2.24, 2.45) is 0 Å². The Morgan fingerprint density at radius 3 is 1.50 bits per heavy atom. The van der Waals surface area contributed by atoms with Gasteiger partial charge in [-0.25, -0.2) is 0 Å². The lowest BCUT2D eigenvalue weighted by atomic mass is 10.2. The van der Waals surface area contributed by atoms with Crippen LogP contribution < -0.4 is 4.74 Å². The second kappa shape index (κ2) is 26.5. The third-order valence-electron chi connectivity index (χ3n) is 5.10. The SMILES string of the molecule is CCCCCCC(=O)OCCOCCOCCOCCOCCOCCOCCOc1ccc(C=O)cc1. The predicted octanol–water partition coefficient (Wildman–Crippen LogP) is 3.49. The van der Waals surface area contributed by atoms with E-state index in [-0.39, 0.29) is 12.6 Å². The van der Waals surface area contributed by atoms with Crippen molar-refractivity contribution in [3.8, 4) is 5.75 Å². The highest BCUT2D eigenvalue weighted by molar-refractivity contribution is 5.74. The Kier molecular flexibility index (Phi) is 23.7. The first-order chi connectivity index (χ1) is 18.8. The van der Waals surface area contributed by atoms with Gasteiger partial charge in [0, 0.05) is 12.0 Å². The molecular weight excluding hydrogens is 496 g/mol. The lowest BCUT2D eigenvalue weighted by Crippen LogP contribution is -2.15. The number of aldehydes is 1. The number of ether oxygens (including phenoxy) is 8. The number of unbranched alkanes of at least 4 members (excludes halogenated alkanes) is 3. The number of benzene rings is 1. The van der Waals surface area contributed by atoms with E-state index in [0.717, 1.165) is 32.0 Å². The van der Waals surface area contributed by atoms with Gasteiger partial charge in [0.25, 0.3) is 0 Å². The number of rotatable bonds is 28. The van der Waals surface area contributed by atoms with E-state index in [1.165, 1.54) is 0 Å². The minimum absolute atomic E-state index is 0.154. The highest BCUT2D eigenvalue weighted by Gasteiger charge is 2.02. The van der Waals surface area contributed by atoms with E-state index in [4.69, 9.17) is 37.9 Å². The Labute approximate surface area is 227 Å². The quantitative estimate of drug-likeness (QED) is 0.0887. The largest absolute Gasteiger partial charge is 0.491 e. The number of carbonyl (C=O) groups is 2. The van der Waals surface area contributed by atoms with E-state index in [1.54, 1.807) is 24.3 Å². The molecule has 0 saturated carbocycles. The molecule has 0 aliphatic rings. The molecule has 0 saturated heterocycles. The van der Waals surface area contributed by atoms with E-state index >= 15 is 0 Å². The summed E-state index contributed by atoms with van der Waals surface area (Å²) in [5.74, 6) is 0.550. The van der Waals surface area contributed by atoms with Gasteiger partial charge in [-0.2, -0.15) is 0 Å². The van der Waals surface area contributed by atoms with Crippen LogP contribution in [0, 0.1) is 0 Å². The molecule has 0 radical (unpaired) electrons. The Bertz CT molecular complexity index is 668. The molecule has 0 amide bonds. The smallest absolute Gasteiger partial charge is 0.305 e. The standard InChI is InChI=1S/C28H46O10/c1-2-3-4-5-6-28(30)38-24-22-36-20-18-34-16-14-32-12-11-31-13-15-33-17-19-35-21-23-37-27-9-7-26(25-29)8-10-27/h7-10,25H,2-6,11-24H2,1H3. The van der Waals surface area contributed by atoms with E-state index in [9.17, 15) is 9.59 Å². The summed E-state index contributed by atoms with van der Waals surface area (Å²) in [7, 11) is 0. The minimum atomic E-state index is -0.154. The van der Waals surface area contributed by atoms with E-state index < -0.39 is 0 Å².